The van der Waals surface area contributed by atoms with E-state index in [0.717, 1.165) is 64.9 Å². The van der Waals surface area contributed by atoms with E-state index >= 15 is 0 Å². The maximum absolute atomic E-state index is 6.40. The molecule has 4 heteroatoms. The van der Waals surface area contributed by atoms with E-state index in [1.807, 2.05) is 18.2 Å². The van der Waals surface area contributed by atoms with E-state index < -0.39 is 0 Å². The molecule has 0 unspecified atom stereocenters. The van der Waals surface area contributed by atoms with Crippen molar-refractivity contribution in [3.8, 4) is 33.8 Å². The third kappa shape index (κ3) is 5.15. The number of allylic oxidation sites excluding steroid dienone is 8. The molecule has 4 aromatic rings. The Morgan fingerprint density at radius 3 is 2.11 bits per heavy atom. The smallest absolute Gasteiger partial charge is 0.160 e. The van der Waals surface area contributed by atoms with E-state index in [2.05, 4.69) is 85.0 Å². The molecular formula is C34H26Cl2N2. The van der Waals surface area contributed by atoms with Crippen molar-refractivity contribution in [1.29, 1.82) is 0 Å². The molecule has 0 saturated heterocycles. The van der Waals surface area contributed by atoms with Gasteiger partial charge in [0, 0.05) is 26.7 Å². The van der Waals surface area contributed by atoms with Crippen LogP contribution in [0.25, 0.3) is 39.3 Å². The van der Waals surface area contributed by atoms with E-state index in [-0.39, 0.29) is 0 Å². The summed E-state index contributed by atoms with van der Waals surface area (Å²) in [5, 5.41) is 1.12. The van der Waals surface area contributed by atoms with Crippen molar-refractivity contribution in [3.05, 3.63) is 136 Å². The summed E-state index contributed by atoms with van der Waals surface area (Å²) in [6.07, 6.45) is 15.3. The molecule has 2 aliphatic carbocycles. The second kappa shape index (κ2) is 10.9. The van der Waals surface area contributed by atoms with Crippen LogP contribution in [0.4, 0.5) is 0 Å². The Morgan fingerprint density at radius 1 is 0.632 bits per heavy atom. The van der Waals surface area contributed by atoms with Crippen molar-refractivity contribution in [2.75, 3.05) is 0 Å². The van der Waals surface area contributed by atoms with Gasteiger partial charge in [-0.05, 0) is 72.2 Å². The van der Waals surface area contributed by atoms with Crippen LogP contribution in [-0.4, -0.2) is 9.97 Å². The number of aromatic nitrogens is 2. The molecule has 1 heterocycles. The van der Waals surface area contributed by atoms with Gasteiger partial charge in [-0.3, -0.25) is 0 Å². The molecule has 0 radical (unpaired) electrons. The Hall–Kier alpha value is -3.72. The second-order valence-electron chi connectivity index (χ2n) is 9.52. The second-order valence-corrected chi connectivity index (χ2v) is 10.4. The Kier molecular flexibility index (Phi) is 7.09. The van der Waals surface area contributed by atoms with Crippen molar-refractivity contribution in [3.63, 3.8) is 0 Å². The van der Waals surface area contributed by atoms with Crippen LogP contribution in [-0.2, 0) is 0 Å². The fourth-order valence-electron chi connectivity index (χ4n) is 5.20. The lowest BCUT2D eigenvalue weighted by atomic mass is 9.86. The number of halogens is 2. The molecular weight excluding hydrogens is 507 g/mol. The largest absolute Gasteiger partial charge is 0.228 e. The lowest BCUT2D eigenvalue weighted by Gasteiger charge is -2.21. The fourth-order valence-corrected chi connectivity index (χ4v) is 5.73. The minimum atomic E-state index is 0.560. The van der Waals surface area contributed by atoms with E-state index in [9.17, 15) is 0 Å². The molecule has 0 bridgehead atoms. The summed E-state index contributed by atoms with van der Waals surface area (Å²) in [4.78, 5) is 10.2. The maximum Gasteiger partial charge on any atom is 0.160 e. The molecule has 6 rings (SSSR count). The predicted molar refractivity (Wildman–Crippen MR) is 160 cm³/mol. The predicted octanol–water partition coefficient (Wildman–Crippen LogP) is 10.2. The summed E-state index contributed by atoms with van der Waals surface area (Å²) in [5.74, 6) is 0.605. The summed E-state index contributed by atoms with van der Waals surface area (Å²) in [6.45, 7) is 0. The van der Waals surface area contributed by atoms with E-state index in [1.165, 1.54) is 11.1 Å². The van der Waals surface area contributed by atoms with Gasteiger partial charge in [0.05, 0.1) is 11.4 Å². The first-order valence-corrected chi connectivity index (χ1v) is 13.7. The zero-order chi connectivity index (χ0) is 25.9. The standard InChI is InChI=1S/C34H26Cl2N2/c35-26-19-25(20-27(36)21-26)34-37-32(30-17-9-7-15-28(30)23-11-3-1-4-12-23)22-33(38-34)31-18-10-8-16-29(31)24-13-5-2-6-14-24/h1-5,7,9-13,15,17-22H,6,8,14,16H2. The van der Waals surface area contributed by atoms with Gasteiger partial charge in [0.1, 0.15) is 0 Å². The zero-order valence-corrected chi connectivity index (χ0v) is 22.4. The monoisotopic (exact) mass is 532 g/mol. The summed E-state index contributed by atoms with van der Waals surface area (Å²) >= 11 is 12.8. The average Bonchev–Trinajstić information content (AvgIpc) is 2.97. The highest BCUT2D eigenvalue weighted by Gasteiger charge is 2.20. The molecule has 38 heavy (non-hydrogen) atoms. The molecule has 1 aromatic heterocycles. The first kappa shape index (κ1) is 24.6. The van der Waals surface area contributed by atoms with Crippen LogP contribution in [0.1, 0.15) is 31.4 Å². The Bertz CT molecular complexity index is 1610. The van der Waals surface area contributed by atoms with Gasteiger partial charge in [0.2, 0.25) is 0 Å². The van der Waals surface area contributed by atoms with Crippen LogP contribution in [0.2, 0.25) is 10.0 Å². The lowest BCUT2D eigenvalue weighted by molar-refractivity contribution is 0.900. The van der Waals surface area contributed by atoms with Crippen LogP contribution in [0.3, 0.4) is 0 Å². The lowest BCUT2D eigenvalue weighted by Crippen LogP contribution is -2.04. The number of nitrogens with zero attached hydrogens (tertiary/aromatic N) is 2. The maximum atomic E-state index is 6.40. The van der Waals surface area contributed by atoms with Crippen molar-refractivity contribution >= 4 is 28.8 Å². The quantitative estimate of drug-likeness (QED) is 0.255. The minimum absolute atomic E-state index is 0.560. The number of hydrogen-bond acceptors (Lipinski definition) is 2. The molecule has 0 aliphatic heterocycles. The highest BCUT2D eigenvalue weighted by molar-refractivity contribution is 6.35. The van der Waals surface area contributed by atoms with Gasteiger partial charge < -0.3 is 0 Å². The van der Waals surface area contributed by atoms with Crippen LogP contribution < -0.4 is 0 Å². The normalized spacial score (nSPS) is 15.1. The first-order valence-electron chi connectivity index (χ1n) is 12.9. The van der Waals surface area contributed by atoms with Crippen molar-refractivity contribution < 1.29 is 0 Å². The number of hydrogen-bond donors (Lipinski definition) is 0. The van der Waals surface area contributed by atoms with E-state index in [1.54, 1.807) is 6.07 Å². The van der Waals surface area contributed by atoms with Gasteiger partial charge in [-0.2, -0.15) is 0 Å². The van der Waals surface area contributed by atoms with Gasteiger partial charge in [-0.15, -0.1) is 0 Å². The summed E-state index contributed by atoms with van der Waals surface area (Å²) in [5.41, 5.74) is 9.82. The molecule has 3 aromatic carbocycles. The highest BCUT2D eigenvalue weighted by Crippen LogP contribution is 2.38. The molecule has 0 saturated carbocycles. The SMILES string of the molecule is Clc1cc(Cl)cc(-c2nc(C3=C(C4=CC=CCC4)CCC=C3)cc(-c3ccccc3-c3ccccc3)n2)c1. The van der Waals surface area contributed by atoms with Crippen molar-refractivity contribution in [2.24, 2.45) is 0 Å². The summed E-state index contributed by atoms with van der Waals surface area (Å²) in [6, 6.07) is 26.4. The van der Waals surface area contributed by atoms with Crippen LogP contribution >= 0.6 is 23.2 Å². The molecule has 2 nitrogen and oxygen atoms in total. The minimum Gasteiger partial charge on any atom is -0.228 e. The van der Waals surface area contributed by atoms with Gasteiger partial charge in [0.15, 0.2) is 5.82 Å². The summed E-state index contributed by atoms with van der Waals surface area (Å²) in [7, 11) is 0. The van der Waals surface area contributed by atoms with E-state index in [0.29, 0.717) is 15.9 Å². The van der Waals surface area contributed by atoms with Crippen LogP contribution in [0, 0.1) is 0 Å². The van der Waals surface area contributed by atoms with Gasteiger partial charge >= 0.3 is 0 Å². The third-order valence-corrected chi connectivity index (χ3v) is 7.42. The Labute approximate surface area is 233 Å². The van der Waals surface area contributed by atoms with Crippen molar-refractivity contribution in [1.82, 2.24) is 9.97 Å². The zero-order valence-electron chi connectivity index (χ0n) is 20.9. The molecule has 0 fully saturated rings. The fraction of sp³-hybridized carbons (Fsp3) is 0.118. The van der Waals surface area contributed by atoms with Gasteiger partial charge in [-0.1, -0.05) is 108 Å². The van der Waals surface area contributed by atoms with E-state index in [4.69, 9.17) is 33.2 Å². The molecule has 0 N–H and O–H groups in total. The molecule has 186 valence electrons. The van der Waals surface area contributed by atoms with Gasteiger partial charge in [0.25, 0.3) is 0 Å². The third-order valence-electron chi connectivity index (χ3n) is 6.98. The van der Waals surface area contributed by atoms with Crippen LogP contribution in [0.15, 0.2) is 120 Å². The highest BCUT2D eigenvalue weighted by atomic mass is 35.5. The number of benzene rings is 3. The number of rotatable bonds is 5. The molecule has 0 spiro atoms. The summed E-state index contributed by atoms with van der Waals surface area (Å²) < 4.78 is 0. The first-order chi connectivity index (χ1) is 18.7. The molecule has 0 atom stereocenters. The molecule has 0 amide bonds. The average molecular weight is 534 g/mol. The molecule has 2 aliphatic rings. The topological polar surface area (TPSA) is 25.8 Å². The van der Waals surface area contributed by atoms with Crippen molar-refractivity contribution in [2.45, 2.75) is 25.7 Å². The Balaban J connectivity index is 1.60. The van der Waals surface area contributed by atoms with Crippen LogP contribution in [0.5, 0.6) is 0 Å². The Morgan fingerprint density at radius 2 is 1.34 bits per heavy atom. The van der Waals surface area contributed by atoms with Gasteiger partial charge in [-0.25, -0.2) is 9.97 Å².